The number of nitriles is 1. The quantitative estimate of drug-likeness (QED) is 0.773. The maximum atomic E-state index is 13.8. The van der Waals surface area contributed by atoms with Crippen LogP contribution in [0.25, 0.3) is 0 Å². The number of hydrogen-bond donors (Lipinski definition) is 1. The second-order valence-electron chi connectivity index (χ2n) is 4.72. The Hall–Kier alpha value is -1.08. The fraction of sp³-hybridized carbons (Fsp3) is 0.500. The molecule has 0 atom stereocenters. The summed E-state index contributed by atoms with van der Waals surface area (Å²) in [5.41, 5.74) is 0.767. The van der Waals surface area contributed by atoms with E-state index in [0.29, 0.717) is 17.2 Å². The summed E-state index contributed by atoms with van der Waals surface area (Å²) in [5, 5.41) is 11.8. The van der Waals surface area contributed by atoms with E-state index in [9.17, 15) is 4.39 Å². The van der Waals surface area contributed by atoms with Crippen molar-refractivity contribution < 1.29 is 4.39 Å². The molecule has 0 aliphatic carbocycles. The molecule has 0 unspecified atom stereocenters. The van der Waals surface area contributed by atoms with E-state index in [2.05, 4.69) is 35.1 Å². The zero-order chi connectivity index (χ0) is 13.5. The first kappa shape index (κ1) is 15.0. The van der Waals surface area contributed by atoms with Crippen LogP contribution in [0.5, 0.6) is 0 Å². The van der Waals surface area contributed by atoms with Gasteiger partial charge in [-0.1, -0.05) is 26.7 Å². The lowest BCUT2D eigenvalue weighted by atomic mass is 10.1. The normalized spacial score (nSPS) is 10.4. The predicted molar refractivity (Wildman–Crippen MR) is 76.0 cm³/mol. The van der Waals surface area contributed by atoms with Crippen molar-refractivity contribution in [3.8, 4) is 6.07 Å². The van der Waals surface area contributed by atoms with E-state index in [1.807, 2.05) is 6.07 Å². The van der Waals surface area contributed by atoms with E-state index >= 15 is 0 Å². The summed E-state index contributed by atoms with van der Waals surface area (Å²) < 4.78 is 14.1. The number of nitrogens with one attached hydrogen (secondary N) is 1. The van der Waals surface area contributed by atoms with Gasteiger partial charge < -0.3 is 5.32 Å². The fourth-order valence-corrected chi connectivity index (χ4v) is 2.11. The molecule has 0 amide bonds. The molecule has 98 valence electrons. The molecule has 1 N–H and O–H groups in total. The van der Waals surface area contributed by atoms with E-state index in [4.69, 9.17) is 5.26 Å². The van der Waals surface area contributed by atoms with Crippen molar-refractivity contribution >= 4 is 21.6 Å². The van der Waals surface area contributed by atoms with Crippen LogP contribution in [0, 0.1) is 23.1 Å². The van der Waals surface area contributed by atoms with Crippen LogP contribution in [0.4, 0.5) is 10.1 Å². The molecule has 2 nitrogen and oxygen atoms in total. The maximum Gasteiger partial charge on any atom is 0.161 e. The van der Waals surface area contributed by atoms with Gasteiger partial charge in [-0.25, -0.2) is 4.39 Å². The largest absolute Gasteiger partial charge is 0.383 e. The molecule has 0 saturated carbocycles. The molecule has 1 rings (SSSR count). The molecule has 0 aliphatic rings. The third-order valence-corrected chi connectivity index (χ3v) is 3.50. The van der Waals surface area contributed by atoms with Crippen LogP contribution in [0.2, 0.25) is 0 Å². The Bertz CT molecular complexity index is 438. The predicted octanol–water partition coefficient (Wildman–Crippen LogP) is 4.70. The Morgan fingerprint density at radius 3 is 2.72 bits per heavy atom. The average molecular weight is 313 g/mol. The lowest BCUT2D eigenvalue weighted by Crippen LogP contribution is -2.04. The lowest BCUT2D eigenvalue weighted by molar-refractivity contribution is 0.544. The summed E-state index contributed by atoms with van der Waals surface area (Å²) in [7, 11) is 0. The molecule has 1 aromatic rings. The first-order chi connectivity index (χ1) is 8.56. The minimum atomic E-state index is -0.391. The molecule has 0 saturated heterocycles. The zero-order valence-electron chi connectivity index (χ0n) is 10.8. The summed E-state index contributed by atoms with van der Waals surface area (Å²) in [4.78, 5) is 0. The van der Waals surface area contributed by atoms with Gasteiger partial charge in [-0.3, -0.25) is 0 Å². The number of unbranched alkanes of at least 4 members (excludes halogenated alkanes) is 1. The number of benzene rings is 1. The number of hydrogen-bond acceptors (Lipinski definition) is 2. The van der Waals surface area contributed by atoms with Crippen molar-refractivity contribution in [2.75, 3.05) is 11.9 Å². The number of anilines is 1. The Balaban J connectivity index is 2.49. The van der Waals surface area contributed by atoms with Crippen molar-refractivity contribution in [2.24, 2.45) is 5.92 Å². The minimum Gasteiger partial charge on any atom is -0.383 e. The zero-order valence-corrected chi connectivity index (χ0v) is 12.3. The molecule has 0 spiro atoms. The van der Waals surface area contributed by atoms with Gasteiger partial charge in [0.25, 0.3) is 0 Å². The molecule has 0 radical (unpaired) electrons. The van der Waals surface area contributed by atoms with Gasteiger partial charge in [0.1, 0.15) is 6.07 Å². The number of halogens is 2. The third-order valence-electron chi connectivity index (χ3n) is 2.73. The number of nitrogens with zero attached hydrogens (tertiary/aromatic N) is 1. The molecule has 4 heteroatoms. The Labute approximate surface area is 116 Å². The molecule has 0 bridgehead atoms. The Morgan fingerprint density at radius 1 is 1.39 bits per heavy atom. The topological polar surface area (TPSA) is 35.8 Å². The second-order valence-corrected chi connectivity index (χ2v) is 5.51. The van der Waals surface area contributed by atoms with Gasteiger partial charge in [0.15, 0.2) is 5.82 Å². The van der Waals surface area contributed by atoms with Crippen LogP contribution < -0.4 is 5.32 Å². The summed E-state index contributed by atoms with van der Waals surface area (Å²) >= 11 is 3.10. The third kappa shape index (κ3) is 4.30. The summed E-state index contributed by atoms with van der Waals surface area (Å²) in [5.74, 6) is 0.323. The molecular formula is C14H18BrFN2. The summed E-state index contributed by atoms with van der Waals surface area (Å²) in [6.07, 6.45) is 3.36. The Morgan fingerprint density at radius 2 is 2.11 bits per heavy atom. The Kier molecular flexibility index (Phi) is 6.14. The highest BCUT2D eigenvalue weighted by Crippen LogP contribution is 2.26. The van der Waals surface area contributed by atoms with Gasteiger partial charge in [-0.05, 0) is 40.4 Å². The first-order valence-electron chi connectivity index (χ1n) is 6.18. The summed E-state index contributed by atoms with van der Waals surface area (Å²) in [6.45, 7) is 5.15. The van der Waals surface area contributed by atoms with Crippen LogP contribution >= 0.6 is 15.9 Å². The van der Waals surface area contributed by atoms with Gasteiger partial charge in [0, 0.05) is 6.54 Å². The van der Waals surface area contributed by atoms with Crippen LogP contribution in [-0.2, 0) is 0 Å². The molecule has 1 aromatic carbocycles. The van der Waals surface area contributed by atoms with Crippen LogP contribution in [-0.4, -0.2) is 6.54 Å². The van der Waals surface area contributed by atoms with Gasteiger partial charge >= 0.3 is 0 Å². The second kappa shape index (κ2) is 7.38. The van der Waals surface area contributed by atoms with Crippen molar-refractivity contribution in [1.29, 1.82) is 5.26 Å². The molecule has 18 heavy (non-hydrogen) atoms. The highest BCUT2D eigenvalue weighted by molar-refractivity contribution is 9.10. The van der Waals surface area contributed by atoms with Crippen LogP contribution in [0.1, 0.15) is 38.7 Å². The van der Waals surface area contributed by atoms with Crippen LogP contribution in [0.15, 0.2) is 16.6 Å². The maximum absolute atomic E-state index is 13.8. The molecular weight excluding hydrogens is 295 g/mol. The highest BCUT2D eigenvalue weighted by atomic mass is 79.9. The van der Waals surface area contributed by atoms with Gasteiger partial charge in [-0.15, -0.1) is 0 Å². The smallest absolute Gasteiger partial charge is 0.161 e. The van der Waals surface area contributed by atoms with Crippen molar-refractivity contribution in [3.63, 3.8) is 0 Å². The first-order valence-corrected chi connectivity index (χ1v) is 6.97. The molecule has 0 heterocycles. The van der Waals surface area contributed by atoms with E-state index in [-0.39, 0.29) is 4.47 Å². The molecule has 0 fully saturated rings. The summed E-state index contributed by atoms with van der Waals surface area (Å²) in [6, 6.07) is 5.16. The van der Waals surface area contributed by atoms with E-state index in [0.717, 1.165) is 19.4 Å². The van der Waals surface area contributed by atoms with Gasteiger partial charge in [-0.2, -0.15) is 5.26 Å². The van der Waals surface area contributed by atoms with E-state index in [1.54, 1.807) is 12.1 Å². The fourth-order valence-electron chi connectivity index (χ4n) is 1.67. The van der Waals surface area contributed by atoms with Gasteiger partial charge in [0.05, 0.1) is 15.7 Å². The monoisotopic (exact) mass is 312 g/mol. The van der Waals surface area contributed by atoms with Crippen LogP contribution in [0.3, 0.4) is 0 Å². The van der Waals surface area contributed by atoms with E-state index in [1.165, 1.54) is 6.42 Å². The highest BCUT2D eigenvalue weighted by Gasteiger charge is 2.10. The minimum absolute atomic E-state index is 0.234. The average Bonchev–Trinajstić information content (AvgIpc) is 2.33. The van der Waals surface area contributed by atoms with Gasteiger partial charge in [0.2, 0.25) is 0 Å². The lowest BCUT2D eigenvalue weighted by Gasteiger charge is -2.10. The van der Waals surface area contributed by atoms with Crippen molar-refractivity contribution in [2.45, 2.75) is 33.1 Å². The van der Waals surface area contributed by atoms with E-state index < -0.39 is 5.82 Å². The standard InChI is InChI=1S/C14H18BrFN2/c1-10(2)5-3-4-8-18-12-7-6-11(9-17)13(15)14(12)16/h6-7,10,18H,3-5,8H2,1-2H3. The molecule has 0 aromatic heterocycles. The number of rotatable bonds is 6. The van der Waals surface area contributed by atoms with Crippen molar-refractivity contribution in [1.82, 2.24) is 0 Å². The van der Waals surface area contributed by atoms with Crippen molar-refractivity contribution in [3.05, 3.63) is 28.0 Å². The molecule has 0 aliphatic heterocycles. The SMILES string of the molecule is CC(C)CCCCNc1ccc(C#N)c(Br)c1F.